The second-order valence-electron chi connectivity index (χ2n) is 7.59. The molecule has 3 N–H and O–H groups in total. The molecule has 2 aromatic carbocycles. The van der Waals surface area contributed by atoms with E-state index in [1.165, 1.54) is 0 Å². The summed E-state index contributed by atoms with van der Waals surface area (Å²) in [4.78, 5) is 27.6. The molecule has 16 heteroatoms. The number of nitrogens with zero attached hydrogens (tertiary/aromatic N) is 1. The monoisotopic (exact) mass is 567 g/mol. The number of ether oxygens (including phenoxy) is 2. The molecule has 0 bridgehead atoms. The highest BCUT2D eigenvalue weighted by Crippen LogP contribution is 2.47. The number of carbonyl (C=O) groups excluding carboxylic acids is 2. The number of amides is 2. The lowest BCUT2D eigenvalue weighted by Gasteiger charge is -2.21. The minimum Gasteiger partial charge on any atom is -0.493 e. The van der Waals surface area contributed by atoms with Crippen molar-refractivity contribution in [2.75, 3.05) is 12.4 Å². The molecule has 0 spiro atoms. The van der Waals surface area contributed by atoms with Crippen molar-refractivity contribution in [3.63, 3.8) is 0 Å². The quantitative estimate of drug-likeness (QED) is 0.339. The molecular formula is C23H14F9N3O4. The van der Waals surface area contributed by atoms with E-state index in [9.17, 15) is 49.1 Å². The Morgan fingerprint density at radius 2 is 1.54 bits per heavy atom. The highest BCUT2D eigenvalue weighted by molar-refractivity contribution is 6.06. The number of nitrogens with two attached hydrogens (primary N) is 1. The highest BCUT2D eigenvalue weighted by atomic mass is 19.4. The Hall–Kier alpha value is -4.50. The molecule has 0 unspecified atom stereocenters. The summed E-state index contributed by atoms with van der Waals surface area (Å²) in [5.41, 5.74) is -0.126. The number of anilines is 1. The minimum absolute atomic E-state index is 0.205. The van der Waals surface area contributed by atoms with Crippen molar-refractivity contribution in [2.24, 2.45) is 5.73 Å². The number of halogens is 9. The molecule has 0 saturated heterocycles. The Morgan fingerprint density at radius 1 is 0.897 bits per heavy atom. The summed E-state index contributed by atoms with van der Waals surface area (Å²) in [6, 6.07) is 4.03. The van der Waals surface area contributed by atoms with E-state index >= 15 is 0 Å². The molecule has 2 amide bonds. The van der Waals surface area contributed by atoms with Gasteiger partial charge in [-0.3, -0.25) is 9.59 Å². The van der Waals surface area contributed by atoms with Crippen LogP contribution in [0.25, 0.3) is 0 Å². The Morgan fingerprint density at radius 3 is 2.05 bits per heavy atom. The molecule has 0 aliphatic heterocycles. The van der Waals surface area contributed by atoms with Gasteiger partial charge < -0.3 is 20.5 Å². The second kappa shape index (κ2) is 10.3. The number of hydrogen-bond acceptors (Lipinski definition) is 5. The maximum Gasteiger partial charge on any atom is 0.458 e. The number of alkyl halides is 8. The summed E-state index contributed by atoms with van der Waals surface area (Å²) < 4.78 is 131. The van der Waals surface area contributed by atoms with Crippen molar-refractivity contribution in [3.05, 3.63) is 76.9 Å². The summed E-state index contributed by atoms with van der Waals surface area (Å²) in [6.45, 7) is 0. The van der Waals surface area contributed by atoms with Crippen molar-refractivity contribution < 1.29 is 58.6 Å². The van der Waals surface area contributed by atoms with Gasteiger partial charge in [-0.1, -0.05) is 0 Å². The molecule has 0 atom stereocenters. The molecule has 3 aromatic rings. The number of pyridine rings is 1. The SMILES string of the molecule is COc1cc(C(F)(F)C(F)(F)F)ccc1Oc1ccc(C(F)(F)F)c(F)c1C(=O)Nc1ccc(C(N)=O)nc1. The average Bonchev–Trinajstić information content (AvgIpc) is 2.83. The van der Waals surface area contributed by atoms with E-state index in [0.717, 1.165) is 25.4 Å². The van der Waals surface area contributed by atoms with Gasteiger partial charge >= 0.3 is 18.3 Å². The molecule has 1 aromatic heterocycles. The van der Waals surface area contributed by atoms with Crippen LogP contribution < -0.4 is 20.5 Å². The fraction of sp³-hybridized carbons (Fsp3) is 0.174. The lowest BCUT2D eigenvalue weighted by Crippen LogP contribution is -2.33. The lowest BCUT2D eigenvalue weighted by molar-refractivity contribution is -0.289. The van der Waals surface area contributed by atoms with Crippen LogP contribution in [0.5, 0.6) is 17.2 Å². The van der Waals surface area contributed by atoms with Gasteiger partial charge in [0.2, 0.25) is 0 Å². The number of benzene rings is 2. The number of aromatic nitrogens is 1. The van der Waals surface area contributed by atoms with Gasteiger partial charge in [0.25, 0.3) is 11.8 Å². The summed E-state index contributed by atoms with van der Waals surface area (Å²) in [5, 5.41) is 2.05. The summed E-state index contributed by atoms with van der Waals surface area (Å²) >= 11 is 0. The van der Waals surface area contributed by atoms with Gasteiger partial charge in [0.05, 0.1) is 24.6 Å². The second-order valence-corrected chi connectivity index (χ2v) is 7.59. The third kappa shape index (κ3) is 5.99. The topological polar surface area (TPSA) is 104 Å². The number of rotatable bonds is 7. The normalized spacial score (nSPS) is 12.2. The summed E-state index contributed by atoms with van der Waals surface area (Å²) in [7, 11) is 0.863. The van der Waals surface area contributed by atoms with Crippen molar-refractivity contribution in [2.45, 2.75) is 18.3 Å². The largest absolute Gasteiger partial charge is 0.493 e. The smallest absolute Gasteiger partial charge is 0.458 e. The van der Waals surface area contributed by atoms with Crippen LogP contribution in [0.4, 0.5) is 45.2 Å². The molecule has 0 aliphatic rings. The van der Waals surface area contributed by atoms with E-state index in [4.69, 9.17) is 15.2 Å². The predicted molar refractivity (Wildman–Crippen MR) is 115 cm³/mol. The first-order chi connectivity index (χ1) is 18.0. The van der Waals surface area contributed by atoms with Crippen molar-refractivity contribution in [3.8, 4) is 17.2 Å². The summed E-state index contributed by atoms with van der Waals surface area (Å²) in [5.74, 6) is -12.1. The van der Waals surface area contributed by atoms with E-state index in [1.807, 2.05) is 5.32 Å². The Balaban J connectivity index is 2.07. The zero-order chi connectivity index (χ0) is 29.3. The molecule has 208 valence electrons. The Kier molecular flexibility index (Phi) is 7.70. The number of nitrogens with one attached hydrogen (secondary N) is 1. The van der Waals surface area contributed by atoms with Crippen LogP contribution in [0, 0.1) is 5.82 Å². The number of methoxy groups -OCH3 is 1. The Labute approximate surface area is 212 Å². The maximum absolute atomic E-state index is 15.0. The number of primary amides is 1. The number of hydrogen-bond donors (Lipinski definition) is 2. The van der Waals surface area contributed by atoms with Crippen LogP contribution in [0.15, 0.2) is 48.7 Å². The first kappa shape index (κ1) is 29.1. The Bertz CT molecular complexity index is 1410. The van der Waals surface area contributed by atoms with Crippen LogP contribution in [-0.2, 0) is 12.1 Å². The standard InChI is InChI=1S/C23H14F9N3O4/c1-38-16-8-10(21(25,26)23(30,31)32)2-6-14(16)39-15-7-4-12(22(27,28)29)18(24)17(15)20(37)35-11-3-5-13(19(33)36)34-9-11/h2-9H,1H3,(H2,33,36)(H,35,37). The molecule has 3 rings (SSSR count). The van der Waals surface area contributed by atoms with Gasteiger partial charge in [0.1, 0.15) is 17.0 Å². The highest BCUT2D eigenvalue weighted by Gasteiger charge is 2.58. The van der Waals surface area contributed by atoms with Crippen LogP contribution in [-0.4, -0.2) is 30.1 Å². The molecule has 0 radical (unpaired) electrons. The molecular weight excluding hydrogens is 553 g/mol. The third-order valence-electron chi connectivity index (χ3n) is 5.01. The maximum atomic E-state index is 15.0. The van der Waals surface area contributed by atoms with E-state index in [-0.39, 0.29) is 23.5 Å². The molecule has 1 heterocycles. The van der Waals surface area contributed by atoms with Gasteiger partial charge in [0, 0.05) is 5.56 Å². The predicted octanol–water partition coefficient (Wildman–Crippen LogP) is 6.05. The summed E-state index contributed by atoms with van der Waals surface area (Å²) in [6.07, 6.45) is -10.3. The van der Waals surface area contributed by atoms with Crippen LogP contribution >= 0.6 is 0 Å². The number of carbonyl (C=O) groups is 2. The first-order valence-corrected chi connectivity index (χ1v) is 10.2. The lowest BCUT2D eigenvalue weighted by atomic mass is 10.1. The molecule has 0 saturated carbocycles. The van der Waals surface area contributed by atoms with E-state index in [1.54, 1.807) is 0 Å². The van der Waals surface area contributed by atoms with Crippen molar-refractivity contribution in [1.29, 1.82) is 0 Å². The van der Waals surface area contributed by atoms with Crippen LogP contribution in [0.3, 0.4) is 0 Å². The van der Waals surface area contributed by atoms with Gasteiger partial charge in [-0.05, 0) is 42.5 Å². The average molecular weight is 567 g/mol. The third-order valence-corrected chi connectivity index (χ3v) is 5.01. The van der Waals surface area contributed by atoms with Crippen molar-refractivity contribution >= 4 is 17.5 Å². The van der Waals surface area contributed by atoms with Gasteiger partial charge in [0.15, 0.2) is 17.3 Å². The van der Waals surface area contributed by atoms with E-state index < -0.39 is 69.8 Å². The van der Waals surface area contributed by atoms with Crippen molar-refractivity contribution in [1.82, 2.24) is 4.98 Å². The fourth-order valence-corrected chi connectivity index (χ4v) is 3.11. The zero-order valence-electron chi connectivity index (χ0n) is 19.2. The van der Waals surface area contributed by atoms with Gasteiger partial charge in [-0.25, -0.2) is 9.37 Å². The molecule has 0 aliphatic carbocycles. The zero-order valence-corrected chi connectivity index (χ0v) is 19.2. The van der Waals surface area contributed by atoms with E-state index in [2.05, 4.69) is 4.98 Å². The molecule has 7 nitrogen and oxygen atoms in total. The van der Waals surface area contributed by atoms with Crippen LogP contribution in [0.1, 0.15) is 32.0 Å². The fourth-order valence-electron chi connectivity index (χ4n) is 3.11. The van der Waals surface area contributed by atoms with Gasteiger partial charge in [-0.2, -0.15) is 35.1 Å². The minimum atomic E-state index is -5.97. The van der Waals surface area contributed by atoms with E-state index in [0.29, 0.717) is 18.2 Å². The van der Waals surface area contributed by atoms with Crippen LogP contribution in [0.2, 0.25) is 0 Å². The van der Waals surface area contributed by atoms with Gasteiger partial charge in [-0.15, -0.1) is 0 Å². The molecule has 0 fully saturated rings. The first-order valence-electron chi connectivity index (χ1n) is 10.2. The molecule has 39 heavy (non-hydrogen) atoms.